The van der Waals surface area contributed by atoms with E-state index in [2.05, 4.69) is 43.3 Å². The smallest absolute Gasteiger partial charge is 0 e. The first-order valence-corrected chi connectivity index (χ1v) is 3.83. The SMILES string of the molecule is C[c-]1[c-][c-][c-][c-]1.C[c-]1cccc1.[Fe]. The van der Waals surface area contributed by atoms with Gasteiger partial charge in [-0.15, -0.1) is 0 Å². The molecule has 0 aliphatic carbocycles. The monoisotopic (exact) mass is 210 g/mol. The Bertz CT molecular complexity index is 245. The van der Waals surface area contributed by atoms with E-state index in [1.54, 1.807) is 0 Å². The van der Waals surface area contributed by atoms with Crippen molar-refractivity contribution in [1.29, 1.82) is 0 Å². The van der Waals surface area contributed by atoms with Gasteiger partial charge in [-0.3, -0.25) is 0 Å². The van der Waals surface area contributed by atoms with Gasteiger partial charge in [-0.2, -0.15) is 17.7 Å². The van der Waals surface area contributed by atoms with Crippen molar-refractivity contribution in [2.75, 3.05) is 0 Å². The van der Waals surface area contributed by atoms with Crippen LogP contribution in [0.25, 0.3) is 0 Å². The summed E-state index contributed by atoms with van der Waals surface area (Å²) in [7, 11) is 0. The van der Waals surface area contributed by atoms with E-state index in [9.17, 15) is 0 Å². The molecule has 0 amide bonds. The van der Waals surface area contributed by atoms with Crippen molar-refractivity contribution in [2.24, 2.45) is 0 Å². The van der Waals surface area contributed by atoms with Crippen LogP contribution in [0.2, 0.25) is 0 Å². The molecule has 0 spiro atoms. The van der Waals surface area contributed by atoms with Crippen molar-refractivity contribution in [3.8, 4) is 0 Å². The molecule has 1 heteroatoms. The summed E-state index contributed by atoms with van der Waals surface area (Å²) >= 11 is 0. The molecule has 2 aromatic rings. The minimum atomic E-state index is 0. The summed E-state index contributed by atoms with van der Waals surface area (Å²) in [5.74, 6) is 0. The topological polar surface area (TPSA) is 0 Å². The predicted molar refractivity (Wildman–Crippen MR) is 48.9 cm³/mol. The Morgan fingerprint density at radius 1 is 0.923 bits per heavy atom. The average molecular weight is 210 g/mol. The molecule has 13 heavy (non-hydrogen) atoms. The minimum absolute atomic E-state index is 0. The van der Waals surface area contributed by atoms with Crippen LogP contribution in [0, 0.1) is 38.1 Å². The van der Waals surface area contributed by atoms with Crippen molar-refractivity contribution in [1.82, 2.24) is 0 Å². The molecule has 2 aromatic carbocycles. The Morgan fingerprint density at radius 2 is 1.38 bits per heavy atom. The molecule has 0 aliphatic heterocycles. The molecule has 0 aromatic heterocycles. The summed E-state index contributed by atoms with van der Waals surface area (Å²) in [5.41, 5.74) is 2.32. The summed E-state index contributed by atoms with van der Waals surface area (Å²) in [6, 6.07) is 19.0. The van der Waals surface area contributed by atoms with Crippen LogP contribution in [0.5, 0.6) is 0 Å². The van der Waals surface area contributed by atoms with Gasteiger partial charge in [0, 0.05) is 17.1 Å². The van der Waals surface area contributed by atoms with Gasteiger partial charge in [0.1, 0.15) is 0 Å². The fourth-order valence-corrected chi connectivity index (χ4v) is 0.751. The molecular weight excluding hydrogens is 200 g/mol. The van der Waals surface area contributed by atoms with Crippen molar-refractivity contribution < 1.29 is 17.1 Å². The molecular formula is C12H10Fe-6. The summed E-state index contributed by atoms with van der Waals surface area (Å²) in [6.45, 7) is 3.99. The molecule has 0 saturated heterocycles. The molecule has 0 heterocycles. The fourth-order valence-electron chi connectivity index (χ4n) is 0.751. The van der Waals surface area contributed by atoms with Gasteiger partial charge in [0.2, 0.25) is 0 Å². The number of rotatable bonds is 0. The Labute approximate surface area is 90.8 Å². The molecule has 2 rings (SSSR count). The summed E-state index contributed by atoms with van der Waals surface area (Å²) in [5, 5.41) is 0. The van der Waals surface area contributed by atoms with E-state index in [1.165, 1.54) is 5.56 Å². The first-order chi connectivity index (χ1) is 5.79. The normalized spacial score (nSPS) is 8.15. The van der Waals surface area contributed by atoms with Crippen LogP contribution in [0.3, 0.4) is 0 Å². The average Bonchev–Trinajstić information content (AvgIpc) is 2.63. The van der Waals surface area contributed by atoms with E-state index in [1.807, 2.05) is 19.1 Å². The Kier molecular flexibility index (Phi) is 6.30. The largest absolute Gasteiger partial charge is 0.998 e. The van der Waals surface area contributed by atoms with Gasteiger partial charge in [0.05, 0.1) is 0 Å². The van der Waals surface area contributed by atoms with E-state index in [0.29, 0.717) is 0 Å². The van der Waals surface area contributed by atoms with Crippen LogP contribution in [0.1, 0.15) is 11.1 Å². The summed E-state index contributed by atoms with van der Waals surface area (Å²) < 4.78 is 0. The fraction of sp³-hybridized carbons (Fsp3) is 0.167. The maximum absolute atomic E-state index is 2.76. The van der Waals surface area contributed by atoms with Gasteiger partial charge >= 0.3 is 0 Å². The third-order valence-electron chi connectivity index (χ3n) is 1.39. The second-order valence-electron chi connectivity index (χ2n) is 2.59. The van der Waals surface area contributed by atoms with Gasteiger partial charge in [-0.05, 0) is 0 Å². The van der Waals surface area contributed by atoms with Crippen molar-refractivity contribution in [2.45, 2.75) is 13.8 Å². The van der Waals surface area contributed by atoms with E-state index >= 15 is 0 Å². The van der Waals surface area contributed by atoms with Crippen molar-refractivity contribution in [3.05, 3.63) is 59.7 Å². The van der Waals surface area contributed by atoms with E-state index in [0.717, 1.165) is 5.56 Å². The molecule has 0 fully saturated rings. The number of hydrogen-bond acceptors (Lipinski definition) is 0. The van der Waals surface area contributed by atoms with Gasteiger partial charge < -0.3 is 29.8 Å². The molecule has 0 bridgehead atoms. The quantitative estimate of drug-likeness (QED) is 0.463. The Hall–Kier alpha value is -0.781. The molecule has 0 nitrogen and oxygen atoms in total. The van der Waals surface area contributed by atoms with Crippen LogP contribution < -0.4 is 0 Å². The second-order valence-corrected chi connectivity index (χ2v) is 2.59. The van der Waals surface area contributed by atoms with Crippen LogP contribution in [-0.4, -0.2) is 0 Å². The second kappa shape index (κ2) is 6.71. The first kappa shape index (κ1) is 12.2. The molecule has 0 atom stereocenters. The zero-order valence-electron chi connectivity index (χ0n) is 7.66. The van der Waals surface area contributed by atoms with Gasteiger partial charge in [-0.1, -0.05) is 6.92 Å². The van der Waals surface area contributed by atoms with Gasteiger partial charge in [0.15, 0.2) is 0 Å². The zero-order valence-corrected chi connectivity index (χ0v) is 8.77. The number of hydrogen-bond donors (Lipinski definition) is 0. The summed E-state index contributed by atoms with van der Waals surface area (Å²) in [4.78, 5) is 0. The zero-order chi connectivity index (χ0) is 8.81. The maximum atomic E-state index is 2.76. The molecule has 72 valence electrons. The molecule has 0 N–H and O–H groups in total. The third kappa shape index (κ3) is 5.46. The van der Waals surface area contributed by atoms with E-state index in [4.69, 9.17) is 0 Å². The van der Waals surface area contributed by atoms with E-state index < -0.39 is 0 Å². The van der Waals surface area contributed by atoms with Gasteiger partial charge in [-0.25, -0.2) is 19.1 Å². The summed E-state index contributed by atoms with van der Waals surface area (Å²) in [6.07, 6.45) is 0. The minimum Gasteiger partial charge on any atom is -0.998 e. The van der Waals surface area contributed by atoms with Crippen LogP contribution >= 0.6 is 0 Å². The van der Waals surface area contributed by atoms with Crippen molar-refractivity contribution >= 4 is 0 Å². The molecule has 0 saturated carbocycles. The number of aryl methyl sites for hydroxylation is 2. The molecule has 0 unspecified atom stereocenters. The Balaban J connectivity index is 0.000000206. The van der Waals surface area contributed by atoms with Crippen LogP contribution in [0.4, 0.5) is 0 Å². The van der Waals surface area contributed by atoms with Gasteiger partial charge in [0.25, 0.3) is 0 Å². The Morgan fingerprint density at radius 3 is 1.54 bits per heavy atom. The molecule has 0 radical (unpaired) electrons. The maximum Gasteiger partial charge on any atom is 0 e. The van der Waals surface area contributed by atoms with Crippen LogP contribution in [0.15, 0.2) is 24.3 Å². The first-order valence-electron chi connectivity index (χ1n) is 3.83. The third-order valence-corrected chi connectivity index (χ3v) is 1.39. The molecule has 0 aliphatic rings. The van der Waals surface area contributed by atoms with Crippen LogP contribution in [-0.2, 0) is 17.1 Å². The predicted octanol–water partition coefficient (Wildman–Crippen LogP) is 2.63. The van der Waals surface area contributed by atoms with E-state index in [-0.39, 0.29) is 17.1 Å². The van der Waals surface area contributed by atoms with Crippen molar-refractivity contribution in [3.63, 3.8) is 0 Å². The standard InChI is InChI=1S/C6H7.C6H3.Fe/c2*1-6-4-2-3-5-6;/h2-5H,1H3;1H3;/q-1;-5;.